The first kappa shape index (κ1) is 20.4. The lowest BCUT2D eigenvalue weighted by Gasteiger charge is -2.20. The highest BCUT2D eigenvalue weighted by molar-refractivity contribution is 6.34. The summed E-state index contributed by atoms with van der Waals surface area (Å²) in [6.07, 6.45) is 1.52. The number of halogens is 1. The molecular weight excluding hydrogens is 402 g/mol. The van der Waals surface area contributed by atoms with Crippen LogP contribution in [0.4, 0.5) is 17.1 Å². The van der Waals surface area contributed by atoms with Gasteiger partial charge in [-0.15, -0.1) is 0 Å². The minimum Gasteiger partial charge on any atom is -0.326 e. The molecular formula is C23H24ClN3O3. The highest BCUT2D eigenvalue weighted by atomic mass is 35.5. The van der Waals surface area contributed by atoms with Crippen molar-refractivity contribution in [1.82, 2.24) is 0 Å². The molecule has 0 saturated carbocycles. The molecule has 2 aliphatic heterocycles. The standard InChI is InChI=1S/C23H24ClN3O3/c1-14-5-3-6-19(15(14)2)27-13-16(11-22(27)29)23(30)25-17-8-9-20(18(24)12-17)26-10-4-7-21(26)28/h3,5-6,8-9,12,16H,4,7,10-11,13H2,1-2H3,(H,25,30). The van der Waals surface area contributed by atoms with Crippen molar-refractivity contribution in [3.63, 3.8) is 0 Å². The number of hydrogen-bond acceptors (Lipinski definition) is 3. The van der Waals surface area contributed by atoms with E-state index in [1.165, 1.54) is 0 Å². The van der Waals surface area contributed by atoms with Crippen LogP contribution in [-0.2, 0) is 14.4 Å². The quantitative estimate of drug-likeness (QED) is 0.802. The van der Waals surface area contributed by atoms with Gasteiger partial charge in [0.15, 0.2) is 0 Å². The first-order chi connectivity index (χ1) is 14.3. The molecule has 0 spiro atoms. The van der Waals surface area contributed by atoms with Crippen molar-refractivity contribution in [2.45, 2.75) is 33.1 Å². The van der Waals surface area contributed by atoms with E-state index in [0.717, 1.165) is 23.2 Å². The third kappa shape index (κ3) is 3.79. The Labute approximate surface area is 180 Å². The van der Waals surface area contributed by atoms with E-state index in [1.807, 2.05) is 32.0 Å². The van der Waals surface area contributed by atoms with E-state index in [4.69, 9.17) is 11.6 Å². The van der Waals surface area contributed by atoms with Crippen LogP contribution in [0.5, 0.6) is 0 Å². The lowest BCUT2D eigenvalue weighted by molar-refractivity contribution is -0.122. The van der Waals surface area contributed by atoms with E-state index >= 15 is 0 Å². The van der Waals surface area contributed by atoms with Crippen molar-refractivity contribution in [3.8, 4) is 0 Å². The molecule has 4 rings (SSSR count). The Morgan fingerprint density at radius 2 is 1.87 bits per heavy atom. The molecule has 2 saturated heterocycles. The maximum atomic E-state index is 12.8. The molecule has 156 valence electrons. The summed E-state index contributed by atoms with van der Waals surface area (Å²) >= 11 is 6.37. The maximum absolute atomic E-state index is 12.8. The summed E-state index contributed by atoms with van der Waals surface area (Å²) in [5, 5.41) is 3.29. The van der Waals surface area contributed by atoms with Gasteiger partial charge in [0, 0.05) is 37.3 Å². The number of hydrogen-bond donors (Lipinski definition) is 1. The molecule has 30 heavy (non-hydrogen) atoms. The van der Waals surface area contributed by atoms with Crippen molar-refractivity contribution in [1.29, 1.82) is 0 Å². The van der Waals surface area contributed by atoms with Gasteiger partial charge < -0.3 is 15.1 Å². The van der Waals surface area contributed by atoms with Crippen molar-refractivity contribution >= 4 is 46.4 Å². The van der Waals surface area contributed by atoms with E-state index in [1.54, 1.807) is 28.0 Å². The predicted molar refractivity (Wildman–Crippen MR) is 118 cm³/mol. The summed E-state index contributed by atoms with van der Waals surface area (Å²) in [5.74, 6) is -0.636. The normalized spacial score (nSPS) is 19.0. The van der Waals surface area contributed by atoms with Crippen molar-refractivity contribution in [3.05, 3.63) is 52.5 Å². The van der Waals surface area contributed by atoms with Crippen LogP contribution in [0, 0.1) is 19.8 Å². The molecule has 0 aliphatic carbocycles. The van der Waals surface area contributed by atoms with Gasteiger partial charge in [0.2, 0.25) is 17.7 Å². The first-order valence-electron chi connectivity index (χ1n) is 10.1. The van der Waals surface area contributed by atoms with E-state index < -0.39 is 5.92 Å². The Kier molecular flexibility index (Phi) is 5.52. The molecule has 2 aliphatic rings. The van der Waals surface area contributed by atoms with Crippen LogP contribution < -0.4 is 15.1 Å². The molecule has 6 nitrogen and oxygen atoms in total. The fourth-order valence-corrected chi connectivity index (χ4v) is 4.38. The molecule has 0 radical (unpaired) electrons. The highest BCUT2D eigenvalue weighted by Gasteiger charge is 2.36. The zero-order valence-electron chi connectivity index (χ0n) is 17.1. The van der Waals surface area contributed by atoms with Gasteiger partial charge in [0.05, 0.1) is 16.6 Å². The monoisotopic (exact) mass is 425 g/mol. The second-order valence-electron chi connectivity index (χ2n) is 7.93. The topological polar surface area (TPSA) is 69.7 Å². The molecule has 1 unspecified atom stereocenters. The molecule has 2 fully saturated rings. The Morgan fingerprint density at radius 3 is 2.57 bits per heavy atom. The number of aryl methyl sites for hydroxylation is 1. The first-order valence-corrected chi connectivity index (χ1v) is 10.5. The van der Waals surface area contributed by atoms with Gasteiger partial charge in [-0.05, 0) is 55.7 Å². The van der Waals surface area contributed by atoms with Crippen LogP contribution >= 0.6 is 11.6 Å². The number of rotatable bonds is 4. The number of nitrogens with zero attached hydrogens (tertiary/aromatic N) is 2. The summed E-state index contributed by atoms with van der Waals surface area (Å²) in [4.78, 5) is 40.7. The van der Waals surface area contributed by atoms with Crippen molar-refractivity contribution in [2.24, 2.45) is 5.92 Å². The smallest absolute Gasteiger partial charge is 0.229 e. The minimum atomic E-state index is -0.434. The maximum Gasteiger partial charge on any atom is 0.229 e. The minimum absolute atomic E-state index is 0.0511. The van der Waals surface area contributed by atoms with E-state index in [-0.39, 0.29) is 24.1 Å². The number of carbonyl (C=O) groups excluding carboxylic acids is 3. The lowest BCUT2D eigenvalue weighted by atomic mass is 10.1. The molecule has 7 heteroatoms. The Bertz CT molecular complexity index is 1040. The summed E-state index contributed by atoms with van der Waals surface area (Å²) < 4.78 is 0. The molecule has 0 aromatic heterocycles. The largest absolute Gasteiger partial charge is 0.326 e. The number of anilines is 3. The van der Waals surface area contributed by atoms with E-state index in [0.29, 0.717) is 35.9 Å². The van der Waals surface area contributed by atoms with Crippen LogP contribution in [0.2, 0.25) is 5.02 Å². The van der Waals surface area contributed by atoms with Gasteiger partial charge in [-0.3, -0.25) is 14.4 Å². The summed E-state index contributed by atoms with van der Waals surface area (Å²) in [6, 6.07) is 11.0. The van der Waals surface area contributed by atoms with Crippen molar-refractivity contribution in [2.75, 3.05) is 28.2 Å². The summed E-state index contributed by atoms with van der Waals surface area (Å²) in [5.41, 5.74) is 4.23. The van der Waals surface area contributed by atoms with E-state index in [9.17, 15) is 14.4 Å². The van der Waals surface area contributed by atoms with Gasteiger partial charge in [0.1, 0.15) is 0 Å². The van der Waals surface area contributed by atoms with Crippen LogP contribution in [0.3, 0.4) is 0 Å². The third-order valence-electron chi connectivity index (χ3n) is 5.94. The Hall–Kier alpha value is -2.86. The predicted octanol–water partition coefficient (Wildman–Crippen LogP) is 4.08. The lowest BCUT2D eigenvalue weighted by Crippen LogP contribution is -2.28. The number of benzene rings is 2. The summed E-state index contributed by atoms with van der Waals surface area (Å²) in [7, 11) is 0. The van der Waals surface area contributed by atoms with E-state index in [2.05, 4.69) is 5.32 Å². The molecule has 3 amide bonds. The summed E-state index contributed by atoms with van der Waals surface area (Å²) in [6.45, 7) is 5.00. The second-order valence-corrected chi connectivity index (χ2v) is 8.34. The number of nitrogens with one attached hydrogen (secondary N) is 1. The fourth-order valence-electron chi connectivity index (χ4n) is 4.09. The van der Waals surface area contributed by atoms with Gasteiger partial charge in [-0.2, -0.15) is 0 Å². The SMILES string of the molecule is Cc1cccc(N2CC(C(=O)Nc3ccc(N4CCCC4=O)c(Cl)c3)CC2=O)c1C. The number of carbonyl (C=O) groups is 3. The van der Waals surface area contributed by atoms with Crippen LogP contribution in [-0.4, -0.2) is 30.8 Å². The molecule has 0 bridgehead atoms. The van der Waals surface area contributed by atoms with Crippen LogP contribution in [0.25, 0.3) is 0 Å². The Balaban J connectivity index is 1.45. The van der Waals surface area contributed by atoms with Gasteiger partial charge in [-0.25, -0.2) is 0 Å². The average molecular weight is 426 g/mol. The molecule has 2 aromatic rings. The number of amides is 3. The second kappa shape index (κ2) is 8.11. The molecule has 1 atom stereocenters. The highest BCUT2D eigenvalue weighted by Crippen LogP contribution is 2.33. The van der Waals surface area contributed by atoms with Crippen molar-refractivity contribution < 1.29 is 14.4 Å². The Morgan fingerprint density at radius 1 is 1.07 bits per heavy atom. The molecule has 2 heterocycles. The van der Waals surface area contributed by atoms with Gasteiger partial charge in [-0.1, -0.05) is 23.7 Å². The third-order valence-corrected chi connectivity index (χ3v) is 6.24. The zero-order chi connectivity index (χ0) is 21.4. The molecule has 1 N–H and O–H groups in total. The van der Waals surface area contributed by atoms with Crippen LogP contribution in [0.15, 0.2) is 36.4 Å². The fraction of sp³-hybridized carbons (Fsp3) is 0.348. The van der Waals surface area contributed by atoms with Gasteiger partial charge >= 0.3 is 0 Å². The molecule has 2 aromatic carbocycles. The average Bonchev–Trinajstić information content (AvgIpc) is 3.30. The zero-order valence-corrected chi connectivity index (χ0v) is 17.8. The van der Waals surface area contributed by atoms with Gasteiger partial charge in [0.25, 0.3) is 0 Å². The van der Waals surface area contributed by atoms with Crippen LogP contribution in [0.1, 0.15) is 30.4 Å².